The first-order chi connectivity index (χ1) is 10.3. The van der Waals surface area contributed by atoms with Crippen LogP contribution in [0.25, 0.3) is 11.0 Å². The lowest BCUT2D eigenvalue weighted by atomic mass is 10.3. The van der Waals surface area contributed by atoms with Crippen molar-refractivity contribution in [2.45, 2.75) is 32.7 Å². The standard InChI is InChI=1S/C16H23N3O2/c1-3-16(20)17-10-6-9-15-18-13-7-4-5-8-14(13)19(15)11-12-21-2/h4-5,7-8H,3,6,9-12H2,1-2H3,(H,17,20). The molecule has 2 aromatic rings. The summed E-state index contributed by atoms with van der Waals surface area (Å²) in [6, 6.07) is 8.14. The lowest BCUT2D eigenvalue weighted by Crippen LogP contribution is -2.23. The van der Waals surface area contributed by atoms with Gasteiger partial charge in [0.25, 0.3) is 0 Å². The summed E-state index contributed by atoms with van der Waals surface area (Å²) < 4.78 is 7.39. The van der Waals surface area contributed by atoms with Gasteiger partial charge in [0.2, 0.25) is 5.91 Å². The second-order valence-corrected chi connectivity index (χ2v) is 4.97. The van der Waals surface area contributed by atoms with Crippen molar-refractivity contribution >= 4 is 16.9 Å². The van der Waals surface area contributed by atoms with Gasteiger partial charge < -0.3 is 14.6 Å². The molecule has 0 unspecified atom stereocenters. The number of carbonyl (C=O) groups excluding carboxylic acids is 1. The van der Waals surface area contributed by atoms with E-state index in [-0.39, 0.29) is 5.91 Å². The molecule has 0 aliphatic heterocycles. The number of hydrogen-bond donors (Lipinski definition) is 1. The van der Waals surface area contributed by atoms with Gasteiger partial charge >= 0.3 is 0 Å². The van der Waals surface area contributed by atoms with Gasteiger partial charge in [0.05, 0.1) is 17.6 Å². The molecule has 0 radical (unpaired) electrons. The van der Waals surface area contributed by atoms with E-state index in [2.05, 4.69) is 16.0 Å². The molecule has 1 amide bonds. The van der Waals surface area contributed by atoms with Crippen molar-refractivity contribution in [3.63, 3.8) is 0 Å². The van der Waals surface area contributed by atoms with Gasteiger partial charge in [-0.15, -0.1) is 0 Å². The zero-order valence-corrected chi connectivity index (χ0v) is 12.8. The van der Waals surface area contributed by atoms with Gasteiger partial charge in [0.1, 0.15) is 5.82 Å². The van der Waals surface area contributed by atoms with Crippen molar-refractivity contribution in [2.24, 2.45) is 0 Å². The average Bonchev–Trinajstić information content (AvgIpc) is 2.86. The van der Waals surface area contributed by atoms with Gasteiger partial charge in [-0.25, -0.2) is 4.98 Å². The molecule has 1 aromatic carbocycles. The van der Waals surface area contributed by atoms with E-state index in [9.17, 15) is 4.79 Å². The van der Waals surface area contributed by atoms with Crippen molar-refractivity contribution in [3.05, 3.63) is 30.1 Å². The number of imidazole rings is 1. The van der Waals surface area contributed by atoms with E-state index < -0.39 is 0 Å². The quantitative estimate of drug-likeness (QED) is 0.758. The number of carbonyl (C=O) groups is 1. The largest absolute Gasteiger partial charge is 0.383 e. The predicted molar refractivity (Wildman–Crippen MR) is 83.2 cm³/mol. The molecular formula is C16H23N3O2. The molecule has 0 aliphatic carbocycles. The first kappa shape index (κ1) is 15.5. The maximum Gasteiger partial charge on any atom is 0.219 e. The summed E-state index contributed by atoms with van der Waals surface area (Å²) in [5.41, 5.74) is 2.16. The van der Waals surface area contributed by atoms with Crippen molar-refractivity contribution in [1.29, 1.82) is 0 Å². The second kappa shape index (κ2) is 7.78. The number of nitrogens with one attached hydrogen (secondary N) is 1. The van der Waals surface area contributed by atoms with Crippen LogP contribution in [0.2, 0.25) is 0 Å². The minimum atomic E-state index is 0.0999. The van der Waals surface area contributed by atoms with E-state index >= 15 is 0 Å². The number of ether oxygens (including phenoxy) is 1. The Balaban J connectivity index is 2.05. The van der Waals surface area contributed by atoms with Crippen LogP contribution >= 0.6 is 0 Å². The summed E-state index contributed by atoms with van der Waals surface area (Å²) in [6.07, 6.45) is 2.27. The van der Waals surface area contributed by atoms with Crippen molar-refractivity contribution in [3.8, 4) is 0 Å². The molecule has 0 saturated carbocycles. The molecule has 1 N–H and O–H groups in total. The van der Waals surface area contributed by atoms with Gasteiger partial charge in [0.15, 0.2) is 0 Å². The summed E-state index contributed by atoms with van der Waals surface area (Å²) >= 11 is 0. The van der Waals surface area contributed by atoms with E-state index in [1.165, 1.54) is 0 Å². The van der Waals surface area contributed by atoms with Gasteiger partial charge in [-0.1, -0.05) is 19.1 Å². The number of amides is 1. The highest BCUT2D eigenvalue weighted by Gasteiger charge is 2.09. The fourth-order valence-electron chi connectivity index (χ4n) is 2.35. The molecule has 2 rings (SSSR count). The van der Waals surface area contributed by atoms with Gasteiger partial charge in [-0.2, -0.15) is 0 Å². The van der Waals surface area contributed by atoms with E-state index in [1.54, 1.807) is 7.11 Å². The van der Waals surface area contributed by atoms with E-state index in [0.29, 0.717) is 19.6 Å². The Kier molecular flexibility index (Phi) is 5.75. The van der Waals surface area contributed by atoms with Crippen molar-refractivity contribution < 1.29 is 9.53 Å². The third-order valence-corrected chi connectivity index (χ3v) is 3.47. The molecule has 114 valence electrons. The van der Waals surface area contributed by atoms with Crippen LogP contribution in [-0.4, -0.2) is 35.7 Å². The molecule has 0 fully saturated rings. The third kappa shape index (κ3) is 4.04. The Bertz CT molecular complexity index is 592. The Morgan fingerprint density at radius 3 is 2.95 bits per heavy atom. The summed E-state index contributed by atoms with van der Waals surface area (Å²) in [5.74, 6) is 1.15. The van der Waals surface area contributed by atoms with E-state index in [1.807, 2.05) is 25.1 Å². The zero-order chi connectivity index (χ0) is 15.1. The second-order valence-electron chi connectivity index (χ2n) is 4.97. The number of rotatable bonds is 8. The Labute approximate surface area is 125 Å². The highest BCUT2D eigenvalue weighted by molar-refractivity contribution is 5.76. The first-order valence-electron chi connectivity index (χ1n) is 7.46. The van der Waals surface area contributed by atoms with Gasteiger partial charge in [-0.3, -0.25) is 4.79 Å². The highest BCUT2D eigenvalue weighted by atomic mass is 16.5. The molecular weight excluding hydrogens is 266 g/mol. The number of benzene rings is 1. The van der Waals surface area contributed by atoms with Crippen LogP contribution in [0.4, 0.5) is 0 Å². The SMILES string of the molecule is CCC(=O)NCCCc1nc2ccccc2n1CCOC. The highest BCUT2D eigenvalue weighted by Crippen LogP contribution is 2.17. The average molecular weight is 289 g/mol. The molecule has 0 bridgehead atoms. The smallest absolute Gasteiger partial charge is 0.219 e. The monoisotopic (exact) mass is 289 g/mol. The van der Waals surface area contributed by atoms with Crippen LogP contribution in [0.1, 0.15) is 25.6 Å². The number of aryl methyl sites for hydroxylation is 1. The number of nitrogens with zero attached hydrogens (tertiary/aromatic N) is 2. The summed E-state index contributed by atoms with van der Waals surface area (Å²) in [5, 5.41) is 2.90. The molecule has 21 heavy (non-hydrogen) atoms. The van der Waals surface area contributed by atoms with Crippen LogP contribution in [0.3, 0.4) is 0 Å². The minimum Gasteiger partial charge on any atom is -0.383 e. The van der Waals surface area contributed by atoms with Crippen molar-refractivity contribution in [2.75, 3.05) is 20.3 Å². The Morgan fingerprint density at radius 1 is 1.38 bits per heavy atom. The minimum absolute atomic E-state index is 0.0999. The normalized spacial score (nSPS) is 11.0. The number of fused-ring (bicyclic) bond motifs is 1. The molecule has 1 heterocycles. The maximum atomic E-state index is 11.2. The number of methoxy groups -OCH3 is 1. The van der Waals surface area contributed by atoms with Crippen LogP contribution in [-0.2, 0) is 22.5 Å². The number of hydrogen-bond acceptors (Lipinski definition) is 3. The van der Waals surface area contributed by atoms with E-state index in [4.69, 9.17) is 9.72 Å². The summed E-state index contributed by atoms with van der Waals surface area (Å²) in [4.78, 5) is 15.9. The summed E-state index contributed by atoms with van der Waals surface area (Å²) in [6.45, 7) is 4.02. The van der Waals surface area contributed by atoms with Crippen molar-refractivity contribution in [1.82, 2.24) is 14.9 Å². The molecule has 0 spiro atoms. The van der Waals surface area contributed by atoms with E-state index in [0.717, 1.165) is 36.2 Å². The lowest BCUT2D eigenvalue weighted by Gasteiger charge is -2.09. The topological polar surface area (TPSA) is 56.2 Å². The summed E-state index contributed by atoms with van der Waals surface area (Å²) in [7, 11) is 1.71. The fraction of sp³-hybridized carbons (Fsp3) is 0.500. The van der Waals surface area contributed by atoms with Gasteiger partial charge in [-0.05, 0) is 18.6 Å². The zero-order valence-electron chi connectivity index (χ0n) is 12.8. The Morgan fingerprint density at radius 2 is 2.19 bits per heavy atom. The Hall–Kier alpha value is -1.88. The maximum absolute atomic E-state index is 11.2. The third-order valence-electron chi connectivity index (χ3n) is 3.47. The molecule has 5 nitrogen and oxygen atoms in total. The molecule has 1 aromatic heterocycles. The van der Waals surface area contributed by atoms with Crippen LogP contribution in [0.15, 0.2) is 24.3 Å². The number of para-hydroxylation sites is 2. The molecule has 0 saturated heterocycles. The van der Waals surface area contributed by atoms with Gasteiger partial charge in [0, 0.05) is 33.0 Å². The molecule has 0 atom stereocenters. The van der Waals surface area contributed by atoms with Crippen LogP contribution < -0.4 is 5.32 Å². The molecule has 5 heteroatoms. The first-order valence-corrected chi connectivity index (χ1v) is 7.46. The molecule has 0 aliphatic rings. The van der Waals surface area contributed by atoms with Crippen LogP contribution in [0, 0.1) is 0 Å². The predicted octanol–water partition coefficient (Wildman–Crippen LogP) is 2.14. The fourth-order valence-corrected chi connectivity index (χ4v) is 2.35. The lowest BCUT2D eigenvalue weighted by molar-refractivity contribution is -0.120. The van der Waals surface area contributed by atoms with Crippen LogP contribution in [0.5, 0.6) is 0 Å². The number of aromatic nitrogens is 2.